The van der Waals surface area contributed by atoms with Crippen LogP contribution in [-0.2, 0) is 13.1 Å². The van der Waals surface area contributed by atoms with E-state index in [1.165, 1.54) is 5.56 Å². The van der Waals surface area contributed by atoms with Crippen LogP contribution in [0.5, 0.6) is 5.75 Å². The summed E-state index contributed by atoms with van der Waals surface area (Å²) in [7, 11) is 1.76. The van der Waals surface area contributed by atoms with Gasteiger partial charge in [0.2, 0.25) is 0 Å². The Morgan fingerprint density at radius 1 is 1.19 bits per heavy atom. The number of benzene rings is 1. The van der Waals surface area contributed by atoms with Crippen LogP contribution in [0.4, 0.5) is 0 Å². The minimum absolute atomic E-state index is 0.188. The van der Waals surface area contributed by atoms with Crippen molar-refractivity contribution in [3.8, 4) is 5.75 Å². The van der Waals surface area contributed by atoms with Gasteiger partial charge in [0.1, 0.15) is 5.75 Å². The Hall–Kier alpha value is -2.50. The Kier molecular flexibility index (Phi) is 7.51. The molecule has 6 nitrogen and oxygen atoms in total. The topological polar surface area (TPSA) is 74.3 Å². The van der Waals surface area contributed by atoms with Crippen molar-refractivity contribution in [2.45, 2.75) is 53.3 Å². The van der Waals surface area contributed by atoms with Crippen molar-refractivity contribution in [1.29, 1.82) is 0 Å². The van der Waals surface area contributed by atoms with Crippen LogP contribution < -0.4 is 15.4 Å². The second kappa shape index (κ2) is 9.85. The molecule has 1 heterocycles. The van der Waals surface area contributed by atoms with Gasteiger partial charge >= 0.3 is 0 Å². The molecular formula is C20H31N5O. The number of hydrogen-bond donors (Lipinski definition) is 3. The summed E-state index contributed by atoms with van der Waals surface area (Å²) in [6.07, 6.45) is 2.96. The zero-order valence-electron chi connectivity index (χ0n) is 16.5. The number of ether oxygens (including phenoxy) is 1. The van der Waals surface area contributed by atoms with Gasteiger partial charge in [0.15, 0.2) is 5.96 Å². The molecule has 2 rings (SSSR count). The lowest BCUT2D eigenvalue weighted by Gasteiger charge is -2.20. The normalized spacial score (nSPS) is 12.9. The average molecular weight is 358 g/mol. The van der Waals surface area contributed by atoms with E-state index in [4.69, 9.17) is 4.74 Å². The fourth-order valence-corrected chi connectivity index (χ4v) is 2.81. The molecule has 26 heavy (non-hydrogen) atoms. The molecule has 0 aliphatic heterocycles. The number of H-pyrrole nitrogens is 1. The van der Waals surface area contributed by atoms with Crippen molar-refractivity contribution in [3.05, 3.63) is 47.3 Å². The predicted octanol–water partition coefficient (Wildman–Crippen LogP) is 3.40. The van der Waals surface area contributed by atoms with Gasteiger partial charge in [0.25, 0.3) is 0 Å². The van der Waals surface area contributed by atoms with Gasteiger partial charge in [-0.2, -0.15) is 5.10 Å². The Labute approximate surface area is 156 Å². The van der Waals surface area contributed by atoms with Gasteiger partial charge < -0.3 is 15.4 Å². The zero-order valence-corrected chi connectivity index (χ0v) is 16.5. The Morgan fingerprint density at radius 2 is 1.96 bits per heavy atom. The molecule has 0 saturated carbocycles. The third-order valence-corrected chi connectivity index (χ3v) is 4.03. The first-order valence-electron chi connectivity index (χ1n) is 9.17. The number of aromatic nitrogens is 2. The van der Waals surface area contributed by atoms with Crippen molar-refractivity contribution in [1.82, 2.24) is 20.8 Å². The van der Waals surface area contributed by atoms with Crippen molar-refractivity contribution in [2.75, 3.05) is 7.05 Å². The molecule has 6 heteroatoms. The summed E-state index contributed by atoms with van der Waals surface area (Å²) in [5.41, 5.74) is 3.33. The van der Waals surface area contributed by atoms with Gasteiger partial charge in [-0.1, -0.05) is 26.0 Å². The van der Waals surface area contributed by atoms with E-state index in [9.17, 15) is 0 Å². The molecule has 1 atom stereocenters. The molecule has 0 radical (unpaired) electrons. The molecule has 1 unspecified atom stereocenters. The van der Waals surface area contributed by atoms with E-state index in [1.54, 1.807) is 13.2 Å². The maximum absolute atomic E-state index is 6.21. The van der Waals surface area contributed by atoms with Crippen molar-refractivity contribution >= 4 is 5.96 Å². The summed E-state index contributed by atoms with van der Waals surface area (Å²) >= 11 is 0. The lowest BCUT2D eigenvalue weighted by Crippen LogP contribution is -2.36. The molecule has 3 N–H and O–H groups in total. The number of hydrogen-bond acceptors (Lipinski definition) is 3. The molecule has 0 amide bonds. The van der Waals surface area contributed by atoms with Crippen LogP contribution >= 0.6 is 0 Å². The first-order valence-corrected chi connectivity index (χ1v) is 9.17. The van der Waals surface area contributed by atoms with Gasteiger partial charge in [0.05, 0.1) is 18.3 Å². The third-order valence-electron chi connectivity index (χ3n) is 4.03. The van der Waals surface area contributed by atoms with E-state index in [-0.39, 0.29) is 6.10 Å². The smallest absolute Gasteiger partial charge is 0.191 e. The Balaban J connectivity index is 1.96. The largest absolute Gasteiger partial charge is 0.490 e. The summed E-state index contributed by atoms with van der Waals surface area (Å²) in [5, 5.41) is 13.5. The predicted molar refractivity (Wildman–Crippen MR) is 106 cm³/mol. The number of guanidine groups is 1. The maximum atomic E-state index is 6.21. The van der Waals surface area contributed by atoms with Crippen LogP contribution in [0, 0.1) is 12.8 Å². The van der Waals surface area contributed by atoms with E-state index in [0.29, 0.717) is 19.0 Å². The number of rotatable bonds is 8. The van der Waals surface area contributed by atoms with Crippen molar-refractivity contribution in [3.63, 3.8) is 0 Å². The Bertz CT molecular complexity index is 694. The van der Waals surface area contributed by atoms with Gasteiger partial charge in [-0.25, -0.2) is 0 Å². The SMILES string of the molecule is CN=C(NCc1ccn[nH]1)NCc1ccc(C)cc1OC(C)CC(C)C. The summed E-state index contributed by atoms with van der Waals surface area (Å²) < 4.78 is 6.21. The van der Waals surface area contributed by atoms with Gasteiger partial charge in [-0.3, -0.25) is 10.1 Å². The lowest BCUT2D eigenvalue weighted by molar-refractivity contribution is 0.191. The van der Waals surface area contributed by atoms with E-state index in [1.807, 2.05) is 6.07 Å². The highest BCUT2D eigenvalue weighted by molar-refractivity contribution is 5.79. The standard InChI is InChI=1S/C20H31N5O/c1-14(2)10-16(4)26-19-11-15(3)6-7-17(19)12-22-20(21-5)23-13-18-8-9-24-25-18/h6-9,11,14,16H,10,12-13H2,1-5H3,(H,24,25)(H2,21,22,23). The molecule has 0 saturated heterocycles. The molecule has 2 aromatic rings. The molecule has 0 bridgehead atoms. The maximum Gasteiger partial charge on any atom is 0.191 e. The van der Waals surface area contributed by atoms with E-state index in [0.717, 1.165) is 29.4 Å². The molecule has 0 aliphatic rings. The summed E-state index contributed by atoms with van der Waals surface area (Å²) in [4.78, 5) is 4.27. The van der Waals surface area contributed by atoms with Crippen LogP contribution in [0.3, 0.4) is 0 Å². The van der Waals surface area contributed by atoms with Crippen molar-refractivity contribution < 1.29 is 4.74 Å². The van der Waals surface area contributed by atoms with Crippen LogP contribution in [0.2, 0.25) is 0 Å². The highest BCUT2D eigenvalue weighted by Crippen LogP contribution is 2.23. The number of nitrogens with one attached hydrogen (secondary N) is 3. The number of nitrogens with zero attached hydrogens (tertiary/aromatic N) is 2. The quantitative estimate of drug-likeness (QED) is 0.500. The minimum Gasteiger partial charge on any atom is -0.490 e. The third kappa shape index (κ3) is 6.43. The van der Waals surface area contributed by atoms with E-state index >= 15 is 0 Å². The Morgan fingerprint density at radius 3 is 2.62 bits per heavy atom. The van der Waals surface area contributed by atoms with Crippen LogP contribution in [0.1, 0.15) is 44.0 Å². The fraction of sp³-hybridized carbons (Fsp3) is 0.500. The van der Waals surface area contributed by atoms with E-state index in [2.05, 4.69) is 71.7 Å². The summed E-state index contributed by atoms with van der Waals surface area (Å²) in [6, 6.07) is 8.26. The first-order chi connectivity index (χ1) is 12.5. The lowest BCUT2D eigenvalue weighted by atomic mass is 10.1. The summed E-state index contributed by atoms with van der Waals surface area (Å²) in [5.74, 6) is 2.29. The molecule has 0 spiro atoms. The highest BCUT2D eigenvalue weighted by Gasteiger charge is 2.11. The van der Waals surface area contributed by atoms with E-state index < -0.39 is 0 Å². The number of aliphatic imine (C=N–C) groups is 1. The molecule has 0 aliphatic carbocycles. The first kappa shape index (κ1) is 19.8. The van der Waals surface area contributed by atoms with Gasteiger partial charge in [-0.15, -0.1) is 0 Å². The molecule has 142 valence electrons. The fourth-order valence-electron chi connectivity index (χ4n) is 2.81. The minimum atomic E-state index is 0.188. The molecule has 1 aromatic carbocycles. The van der Waals surface area contributed by atoms with Crippen LogP contribution in [0.25, 0.3) is 0 Å². The highest BCUT2D eigenvalue weighted by atomic mass is 16.5. The van der Waals surface area contributed by atoms with Crippen molar-refractivity contribution in [2.24, 2.45) is 10.9 Å². The van der Waals surface area contributed by atoms with Crippen LogP contribution in [0.15, 0.2) is 35.5 Å². The molecule has 0 fully saturated rings. The van der Waals surface area contributed by atoms with Crippen LogP contribution in [-0.4, -0.2) is 29.3 Å². The second-order valence-corrected chi connectivity index (χ2v) is 7.03. The average Bonchev–Trinajstić information content (AvgIpc) is 3.09. The number of aryl methyl sites for hydroxylation is 1. The second-order valence-electron chi connectivity index (χ2n) is 7.03. The molecule has 1 aromatic heterocycles. The van der Waals surface area contributed by atoms with Gasteiger partial charge in [-0.05, 0) is 43.9 Å². The van der Waals surface area contributed by atoms with Gasteiger partial charge in [0, 0.05) is 25.4 Å². The number of aromatic amines is 1. The summed E-state index contributed by atoms with van der Waals surface area (Å²) in [6.45, 7) is 9.93. The zero-order chi connectivity index (χ0) is 18.9. The molecular weight excluding hydrogens is 326 g/mol. The monoisotopic (exact) mass is 357 g/mol.